The molecule has 0 saturated heterocycles. The number of carbonyl (C=O) groups excluding carboxylic acids is 1. The van der Waals surface area contributed by atoms with E-state index in [0.29, 0.717) is 17.8 Å². The lowest BCUT2D eigenvalue weighted by atomic mass is 10.1. The third-order valence-corrected chi connectivity index (χ3v) is 3.47. The number of carbonyl (C=O) groups is 1. The molecular weight excluding hydrogens is 276 g/mol. The molecule has 5 N–H and O–H groups in total. The van der Waals surface area contributed by atoms with E-state index in [0.717, 1.165) is 16.5 Å². The smallest absolute Gasteiger partial charge is 0.267 e. The highest BCUT2D eigenvalue weighted by molar-refractivity contribution is 5.98. The first-order valence-corrected chi connectivity index (χ1v) is 6.93. The van der Waals surface area contributed by atoms with Crippen molar-refractivity contribution < 1.29 is 4.79 Å². The van der Waals surface area contributed by atoms with Crippen molar-refractivity contribution >= 4 is 22.6 Å². The fourth-order valence-electron chi connectivity index (χ4n) is 2.32. The Hall–Kier alpha value is -3.08. The predicted molar refractivity (Wildman–Crippen MR) is 86.9 cm³/mol. The Kier molecular flexibility index (Phi) is 3.62. The maximum Gasteiger partial charge on any atom is 0.267 e. The first-order chi connectivity index (χ1) is 10.6. The molecule has 5 heteroatoms. The number of amidine groups is 1. The second-order valence-electron chi connectivity index (χ2n) is 5.07. The molecular formula is C17H16N4O. The van der Waals surface area contributed by atoms with Gasteiger partial charge in [0.05, 0.1) is 0 Å². The summed E-state index contributed by atoms with van der Waals surface area (Å²) in [7, 11) is 0. The van der Waals surface area contributed by atoms with Gasteiger partial charge >= 0.3 is 0 Å². The summed E-state index contributed by atoms with van der Waals surface area (Å²) in [5.74, 6) is -0.145. The van der Waals surface area contributed by atoms with E-state index in [1.165, 1.54) is 0 Å². The molecule has 0 unspecified atom stereocenters. The van der Waals surface area contributed by atoms with Crippen LogP contribution >= 0.6 is 0 Å². The number of rotatable bonds is 4. The standard InChI is InChI=1S/C17H16N4O/c18-16(19)13-6-3-4-11(8-13)10-20-17(22)15-9-12-5-1-2-7-14(12)21-15/h1-9,21H,10H2,(H3,18,19)(H,20,22). The highest BCUT2D eigenvalue weighted by Crippen LogP contribution is 2.14. The van der Waals surface area contributed by atoms with Gasteiger partial charge in [0.2, 0.25) is 0 Å². The molecule has 0 radical (unpaired) electrons. The molecule has 3 rings (SSSR count). The minimum Gasteiger partial charge on any atom is -0.384 e. The molecule has 0 aliphatic rings. The van der Waals surface area contributed by atoms with E-state index in [2.05, 4.69) is 10.3 Å². The molecule has 1 aromatic heterocycles. The molecule has 110 valence electrons. The van der Waals surface area contributed by atoms with Crippen molar-refractivity contribution in [3.05, 3.63) is 71.4 Å². The zero-order valence-corrected chi connectivity index (χ0v) is 11.9. The van der Waals surface area contributed by atoms with Crippen LogP contribution in [0.5, 0.6) is 0 Å². The third kappa shape index (κ3) is 2.83. The minimum absolute atomic E-state index is 0.0174. The molecule has 1 heterocycles. The number of aromatic amines is 1. The molecule has 0 aliphatic carbocycles. The number of para-hydroxylation sites is 1. The number of hydrogen-bond acceptors (Lipinski definition) is 2. The molecule has 0 saturated carbocycles. The third-order valence-electron chi connectivity index (χ3n) is 3.47. The van der Waals surface area contributed by atoms with Crippen LogP contribution in [0.15, 0.2) is 54.6 Å². The lowest BCUT2D eigenvalue weighted by Gasteiger charge is -2.06. The van der Waals surface area contributed by atoms with E-state index < -0.39 is 0 Å². The summed E-state index contributed by atoms with van der Waals surface area (Å²) in [6.45, 7) is 0.384. The SMILES string of the molecule is N=C(N)c1cccc(CNC(=O)c2cc3ccccc3[nH]2)c1. The maximum atomic E-state index is 12.2. The van der Waals surface area contributed by atoms with Gasteiger partial charge in [0.15, 0.2) is 0 Å². The Balaban J connectivity index is 1.72. The summed E-state index contributed by atoms with van der Waals surface area (Å²) in [5, 5.41) is 11.3. The van der Waals surface area contributed by atoms with Crippen molar-refractivity contribution in [3.63, 3.8) is 0 Å². The number of aromatic nitrogens is 1. The quantitative estimate of drug-likeness (QED) is 0.439. The van der Waals surface area contributed by atoms with Crippen LogP contribution in [-0.4, -0.2) is 16.7 Å². The number of H-pyrrole nitrogens is 1. The second kappa shape index (κ2) is 5.73. The van der Waals surface area contributed by atoms with E-state index in [1.54, 1.807) is 12.1 Å². The molecule has 0 bridgehead atoms. The number of nitrogen functional groups attached to an aromatic ring is 1. The average Bonchev–Trinajstić information content (AvgIpc) is 2.97. The normalized spacial score (nSPS) is 10.5. The summed E-state index contributed by atoms with van der Waals surface area (Å²) in [4.78, 5) is 15.3. The fraction of sp³-hybridized carbons (Fsp3) is 0.0588. The van der Waals surface area contributed by atoms with Gasteiger partial charge in [-0.2, -0.15) is 0 Å². The Morgan fingerprint density at radius 2 is 1.95 bits per heavy atom. The van der Waals surface area contributed by atoms with E-state index in [1.807, 2.05) is 42.5 Å². The average molecular weight is 292 g/mol. The van der Waals surface area contributed by atoms with Gasteiger partial charge in [0.1, 0.15) is 11.5 Å². The van der Waals surface area contributed by atoms with E-state index >= 15 is 0 Å². The first-order valence-electron chi connectivity index (χ1n) is 6.93. The summed E-state index contributed by atoms with van der Waals surface area (Å²) in [5.41, 5.74) is 8.48. The Morgan fingerprint density at radius 3 is 2.73 bits per heavy atom. The highest BCUT2D eigenvalue weighted by Gasteiger charge is 2.09. The largest absolute Gasteiger partial charge is 0.384 e. The Bertz CT molecular complexity index is 817. The van der Waals surface area contributed by atoms with Gasteiger partial charge in [0.25, 0.3) is 5.91 Å². The molecule has 2 aromatic carbocycles. The summed E-state index contributed by atoms with van der Waals surface area (Å²) < 4.78 is 0. The number of fused-ring (bicyclic) bond motifs is 1. The maximum absolute atomic E-state index is 12.2. The molecule has 5 nitrogen and oxygen atoms in total. The van der Waals surface area contributed by atoms with Crippen LogP contribution in [0.2, 0.25) is 0 Å². The molecule has 0 spiro atoms. The molecule has 22 heavy (non-hydrogen) atoms. The van der Waals surface area contributed by atoms with Gasteiger partial charge < -0.3 is 16.0 Å². The lowest BCUT2D eigenvalue weighted by molar-refractivity contribution is 0.0947. The minimum atomic E-state index is -0.163. The van der Waals surface area contributed by atoms with Gasteiger partial charge in [-0.05, 0) is 23.8 Å². The van der Waals surface area contributed by atoms with E-state index in [4.69, 9.17) is 11.1 Å². The molecule has 1 amide bonds. The summed E-state index contributed by atoms with van der Waals surface area (Å²) in [6, 6.07) is 16.9. The highest BCUT2D eigenvalue weighted by atomic mass is 16.1. The van der Waals surface area contributed by atoms with Crippen molar-refractivity contribution in [2.24, 2.45) is 5.73 Å². The molecule has 0 aliphatic heterocycles. The number of nitrogens with two attached hydrogens (primary N) is 1. The van der Waals surface area contributed by atoms with Crippen LogP contribution in [0.3, 0.4) is 0 Å². The molecule has 3 aromatic rings. The van der Waals surface area contributed by atoms with Crippen LogP contribution in [0, 0.1) is 5.41 Å². The van der Waals surface area contributed by atoms with Crippen LogP contribution < -0.4 is 11.1 Å². The monoisotopic (exact) mass is 292 g/mol. The number of nitrogens with one attached hydrogen (secondary N) is 3. The second-order valence-corrected chi connectivity index (χ2v) is 5.07. The number of hydrogen-bond donors (Lipinski definition) is 4. The van der Waals surface area contributed by atoms with Crippen molar-refractivity contribution in [3.8, 4) is 0 Å². The van der Waals surface area contributed by atoms with E-state index in [9.17, 15) is 4.79 Å². The summed E-state index contributed by atoms with van der Waals surface area (Å²) in [6.07, 6.45) is 0. The van der Waals surface area contributed by atoms with Gasteiger partial charge in [-0.25, -0.2) is 0 Å². The zero-order valence-electron chi connectivity index (χ0n) is 11.9. The Morgan fingerprint density at radius 1 is 1.14 bits per heavy atom. The van der Waals surface area contributed by atoms with Gasteiger partial charge in [-0.1, -0.05) is 36.4 Å². The Labute approximate surface area is 127 Å². The van der Waals surface area contributed by atoms with Crippen LogP contribution in [0.25, 0.3) is 10.9 Å². The van der Waals surface area contributed by atoms with Gasteiger partial charge in [0, 0.05) is 23.0 Å². The molecule has 0 atom stereocenters. The topological polar surface area (TPSA) is 94.8 Å². The van der Waals surface area contributed by atoms with Crippen molar-refractivity contribution in [1.82, 2.24) is 10.3 Å². The zero-order chi connectivity index (χ0) is 15.5. The van der Waals surface area contributed by atoms with Gasteiger partial charge in [-0.3, -0.25) is 10.2 Å². The van der Waals surface area contributed by atoms with Crippen LogP contribution in [0.4, 0.5) is 0 Å². The van der Waals surface area contributed by atoms with Crippen LogP contribution in [0.1, 0.15) is 21.6 Å². The lowest BCUT2D eigenvalue weighted by Crippen LogP contribution is -2.23. The van der Waals surface area contributed by atoms with E-state index in [-0.39, 0.29) is 11.7 Å². The first kappa shape index (κ1) is 13.9. The van der Waals surface area contributed by atoms with Crippen LogP contribution in [-0.2, 0) is 6.54 Å². The van der Waals surface area contributed by atoms with Gasteiger partial charge in [-0.15, -0.1) is 0 Å². The van der Waals surface area contributed by atoms with Crippen molar-refractivity contribution in [2.75, 3.05) is 0 Å². The molecule has 0 fully saturated rings. The van der Waals surface area contributed by atoms with Crippen molar-refractivity contribution in [1.29, 1.82) is 5.41 Å². The number of amides is 1. The fourth-order valence-corrected chi connectivity index (χ4v) is 2.32. The van der Waals surface area contributed by atoms with Crippen molar-refractivity contribution in [2.45, 2.75) is 6.54 Å². The predicted octanol–water partition coefficient (Wildman–Crippen LogP) is 2.38. The summed E-state index contributed by atoms with van der Waals surface area (Å²) >= 11 is 0. The number of benzene rings is 2.